The molecule has 2 N–H and O–H groups in total. The molecular formula is C15H14O5. The van der Waals surface area contributed by atoms with Gasteiger partial charge in [-0.25, -0.2) is 9.59 Å². The quantitative estimate of drug-likeness (QED) is 0.895. The molecule has 0 unspecified atom stereocenters. The largest absolute Gasteiger partial charge is 0.490 e. The van der Waals surface area contributed by atoms with Gasteiger partial charge in [-0.2, -0.15) is 0 Å². The summed E-state index contributed by atoms with van der Waals surface area (Å²) in [7, 11) is 0. The third kappa shape index (κ3) is 2.42. The molecule has 0 bridgehead atoms. The van der Waals surface area contributed by atoms with Gasteiger partial charge in [-0.05, 0) is 32.0 Å². The predicted molar refractivity (Wildman–Crippen MR) is 73.6 cm³/mol. The van der Waals surface area contributed by atoms with E-state index in [9.17, 15) is 19.8 Å². The van der Waals surface area contributed by atoms with Crippen LogP contribution in [-0.4, -0.2) is 28.3 Å². The van der Waals surface area contributed by atoms with Crippen LogP contribution in [0.25, 0.3) is 10.8 Å². The van der Waals surface area contributed by atoms with E-state index in [0.717, 1.165) is 0 Å². The van der Waals surface area contributed by atoms with Crippen LogP contribution in [0.15, 0.2) is 30.3 Å². The highest BCUT2D eigenvalue weighted by Crippen LogP contribution is 2.32. The number of rotatable bonds is 4. The zero-order valence-corrected chi connectivity index (χ0v) is 11.1. The molecule has 0 fully saturated rings. The van der Waals surface area contributed by atoms with Gasteiger partial charge in [-0.1, -0.05) is 12.1 Å². The molecule has 20 heavy (non-hydrogen) atoms. The van der Waals surface area contributed by atoms with Gasteiger partial charge in [-0.3, -0.25) is 0 Å². The van der Waals surface area contributed by atoms with Crippen LogP contribution >= 0.6 is 0 Å². The fourth-order valence-corrected chi connectivity index (χ4v) is 2.09. The number of aromatic carboxylic acids is 2. The zero-order chi connectivity index (χ0) is 14.9. The lowest BCUT2D eigenvalue weighted by molar-refractivity contribution is 0.0695. The van der Waals surface area contributed by atoms with E-state index < -0.39 is 11.9 Å². The number of fused-ring (bicyclic) bond motifs is 1. The second-order valence-electron chi connectivity index (χ2n) is 4.62. The van der Waals surface area contributed by atoms with Crippen LogP contribution in [0.5, 0.6) is 5.75 Å². The molecule has 0 aliphatic carbocycles. The summed E-state index contributed by atoms with van der Waals surface area (Å²) < 4.78 is 5.61. The van der Waals surface area contributed by atoms with Gasteiger partial charge in [0.2, 0.25) is 0 Å². The van der Waals surface area contributed by atoms with Crippen LogP contribution in [0.2, 0.25) is 0 Å². The lowest BCUT2D eigenvalue weighted by Gasteiger charge is -2.14. The summed E-state index contributed by atoms with van der Waals surface area (Å²) in [6.45, 7) is 3.69. The molecule has 2 rings (SSSR count). The summed E-state index contributed by atoms with van der Waals surface area (Å²) in [5, 5.41) is 19.1. The summed E-state index contributed by atoms with van der Waals surface area (Å²) >= 11 is 0. The van der Waals surface area contributed by atoms with E-state index in [4.69, 9.17) is 4.74 Å². The molecule has 5 heteroatoms. The van der Waals surface area contributed by atoms with Crippen molar-refractivity contribution in [2.24, 2.45) is 0 Å². The normalized spacial score (nSPS) is 10.8. The fraction of sp³-hybridized carbons (Fsp3) is 0.200. The van der Waals surface area contributed by atoms with Gasteiger partial charge in [0.1, 0.15) is 5.75 Å². The van der Waals surface area contributed by atoms with Crippen molar-refractivity contribution in [2.45, 2.75) is 20.0 Å². The molecule has 0 saturated heterocycles. The average Bonchev–Trinajstić information content (AvgIpc) is 2.37. The highest BCUT2D eigenvalue weighted by molar-refractivity contribution is 6.14. The monoisotopic (exact) mass is 274 g/mol. The Balaban J connectivity index is 2.84. The summed E-state index contributed by atoms with van der Waals surface area (Å²) in [6.07, 6.45) is -0.0950. The first-order valence-corrected chi connectivity index (χ1v) is 6.10. The molecule has 0 heterocycles. The maximum atomic E-state index is 11.3. The smallest absolute Gasteiger partial charge is 0.336 e. The Morgan fingerprint density at radius 1 is 1.00 bits per heavy atom. The topological polar surface area (TPSA) is 83.8 Å². The fourth-order valence-electron chi connectivity index (χ4n) is 2.09. The van der Waals surface area contributed by atoms with Crippen molar-refractivity contribution >= 4 is 22.7 Å². The van der Waals surface area contributed by atoms with Gasteiger partial charge in [0.15, 0.2) is 0 Å². The molecule has 104 valence electrons. The lowest BCUT2D eigenvalue weighted by atomic mass is 9.98. The molecular weight excluding hydrogens is 260 g/mol. The van der Waals surface area contributed by atoms with Crippen molar-refractivity contribution in [3.8, 4) is 5.75 Å². The highest BCUT2D eigenvalue weighted by atomic mass is 16.5. The lowest BCUT2D eigenvalue weighted by Crippen LogP contribution is -2.08. The Hall–Kier alpha value is -2.56. The van der Waals surface area contributed by atoms with Gasteiger partial charge in [0, 0.05) is 10.8 Å². The first kappa shape index (κ1) is 13.9. The third-order valence-corrected chi connectivity index (χ3v) is 2.82. The van der Waals surface area contributed by atoms with Crippen molar-refractivity contribution in [3.63, 3.8) is 0 Å². The second-order valence-corrected chi connectivity index (χ2v) is 4.62. The van der Waals surface area contributed by atoms with E-state index in [1.54, 1.807) is 18.2 Å². The number of carboxylic acids is 2. The molecule has 0 spiro atoms. The Kier molecular flexibility index (Phi) is 3.61. The number of carboxylic acid groups (broad SMARTS) is 2. The molecule has 0 aromatic heterocycles. The molecule has 0 saturated carbocycles. The zero-order valence-electron chi connectivity index (χ0n) is 11.1. The summed E-state index contributed by atoms with van der Waals surface area (Å²) in [6, 6.07) is 7.54. The molecule has 2 aromatic rings. The van der Waals surface area contributed by atoms with E-state index in [-0.39, 0.29) is 22.6 Å². The van der Waals surface area contributed by atoms with E-state index in [1.807, 2.05) is 13.8 Å². The van der Waals surface area contributed by atoms with Crippen LogP contribution < -0.4 is 4.74 Å². The van der Waals surface area contributed by atoms with Gasteiger partial charge < -0.3 is 14.9 Å². The molecule has 0 radical (unpaired) electrons. The minimum absolute atomic E-state index is 0.0471. The Labute approximate surface area is 115 Å². The van der Waals surface area contributed by atoms with Crippen LogP contribution in [0.3, 0.4) is 0 Å². The highest BCUT2D eigenvalue weighted by Gasteiger charge is 2.18. The van der Waals surface area contributed by atoms with Gasteiger partial charge in [-0.15, -0.1) is 0 Å². The third-order valence-electron chi connectivity index (χ3n) is 2.82. The average molecular weight is 274 g/mol. The van der Waals surface area contributed by atoms with Crippen molar-refractivity contribution in [3.05, 3.63) is 41.5 Å². The molecule has 0 atom stereocenters. The number of benzene rings is 2. The summed E-state index contributed by atoms with van der Waals surface area (Å²) in [5.74, 6) is -1.86. The van der Waals surface area contributed by atoms with Gasteiger partial charge in [0.05, 0.1) is 17.2 Å². The van der Waals surface area contributed by atoms with Crippen LogP contribution in [-0.2, 0) is 0 Å². The Morgan fingerprint density at radius 3 is 2.15 bits per heavy atom. The van der Waals surface area contributed by atoms with Crippen molar-refractivity contribution in [2.75, 3.05) is 0 Å². The SMILES string of the molecule is CC(C)Oc1ccc(C(=O)O)c2c(C(=O)O)cccc12. The summed E-state index contributed by atoms with van der Waals surface area (Å²) in [4.78, 5) is 22.6. The van der Waals surface area contributed by atoms with E-state index in [0.29, 0.717) is 11.1 Å². The molecule has 0 aliphatic rings. The Bertz CT molecular complexity index is 668. The predicted octanol–water partition coefficient (Wildman–Crippen LogP) is 3.02. The standard InChI is InChI=1S/C15H14O5/c1-8(2)20-12-7-6-11(15(18)19)13-9(12)4-3-5-10(13)14(16)17/h3-8H,1-2H3,(H,16,17)(H,18,19). The molecule has 0 amide bonds. The minimum atomic E-state index is -1.17. The number of hydrogen-bond donors (Lipinski definition) is 2. The van der Waals surface area contributed by atoms with E-state index in [1.165, 1.54) is 12.1 Å². The second kappa shape index (κ2) is 5.21. The van der Waals surface area contributed by atoms with Crippen molar-refractivity contribution in [1.82, 2.24) is 0 Å². The summed E-state index contributed by atoms with van der Waals surface area (Å²) in [5.41, 5.74) is -0.0942. The van der Waals surface area contributed by atoms with Gasteiger partial charge >= 0.3 is 11.9 Å². The van der Waals surface area contributed by atoms with E-state index in [2.05, 4.69) is 0 Å². The maximum Gasteiger partial charge on any atom is 0.336 e. The van der Waals surface area contributed by atoms with Crippen LogP contribution in [0.1, 0.15) is 34.6 Å². The first-order valence-electron chi connectivity index (χ1n) is 6.10. The minimum Gasteiger partial charge on any atom is -0.490 e. The van der Waals surface area contributed by atoms with Crippen LogP contribution in [0, 0.1) is 0 Å². The van der Waals surface area contributed by atoms with Crippen LogP contribution in [0.4, 0.5) is 0 Å². The van der Waals surface area contributed by atoms with Crippen molar-refractivity contribution < 1.29 is 24.5 Å². The number of ether oxygens (including phenoxy) is 1. The first-order chi connectivity index (χ1) is 9.41. The number of hydrogen-bond acceptors (Lipinski definition) is 3. The Morgan fingerprint density at radius 2 is 1.60 bits per heavy atom. The maximum absolute atomic E-state index is 11.3. The molecule has 2 aromatic carbocycles. The number of carbonyl (C=O) groups is 2. The molecule has 0 aliphatic heterocycles. The van der Waals surface area contributed by atoms with Gasteiger partial charge in [0.25, 0.3) is 0 Å². The van der Waals surface area contributed by atoms with E-state index >= 15 is 0 Å². The molecule has 5 nitrogen and oxygen atoms in total. The van der Waals surface area contributed by atoms with Crippen molar-refractivity contribution in [1.29, 1.82) is 0 Å².